The molecule has 4 rings (SSSR count). The molecule has 2 amide bonds. The molecule has 3 heterocycles. The molecule has 214 valence electrons. The highest BCUT2D eigenvalue weighted by molar-refractivity contribution is 8.03. The minimum absolute atomic E-state index is 0.0420. The van der Waals surface area contributed by atoms with E-state index in [4.69, 9.17) is 9.47 Å². The number of benzene rings is 1. The number of thioether (sulfide) groups is 1. The minimum Gasteiger partial charge on any atom is -0.493 e. The van der Waals surface area contributed by atoms with Crippen LogP contribution in [0.4, 0.5) is 0 Å². The number of ether oxygens (including phenoxy) is 2. The number of carboxylic acids is 1. The summed E-state index contributed by atoms with van der Waals surface area (Å²) in [6, 6.07) is 2.56. The molecule has 0 aliphatic carbocycles. The van der Waals surface area contributed by atoms with Crippen LogP contribution in [0.5, 0.6) is 11.5 Å². The number of carboxylic acid groups (broad SMARTS) is 1. The van der Waals surface area contributed by atoms with Gasteiger partial charge in [0, 0.05) is 48.8 Å². The maximum Gasteiger partial charge on any atom is 0.353 e. The predicted octanol–water partition coefficient (Wildman–Crippen LogP) is 0.695. The van der Waals surface area contributed by atoms with E-state index in [0.717, 1.165) is 0 Å². The molecule has 1 aromatic carbocycles. The lowest BCUT2D eigenvalue weighted by atomic mass is 9.78. The Kier molecular flexibility index (Phi) is 8.22. The van der Waals surface area contributed by atoms with Crippen molar-refractivity contribution in [2.75, 3.05) is 34.9 Å². The number of β-lactam (4-membered cyclic amide) rings is 1. The molecule has 14 heteroatoms. The second-order valence-electron chi connectivity index (χ2n) is 10.1. The van der Waals surface area contributed by atoms with Crippen LogP contribution in [0.3, 0.4) is 0 Å². The lowest BCUT2D eigenvalue weighted by Gasteiger charge is -2.47. The van der Waals surface area contributed by atoms with Gasteiger partial charge in [-0.05, 0) is 25.5 Å². The highest BCUT2D eigenvalue weighted by atomic mass is 32.2. The van der Waals surface area contributed by atoms with E-state index in [1.807, 2.05) is 6.92 Å². The molecule has 0 unspecified atom stereocenters. The lowest BCUT2D eigenvalue weighted by Crippen LogP contribution is -2.66. The summed E-state index contributed by atoms with van der Waals surface area (Å²) in [5, 5.41) is 13.2. The van der Waals surface area contributed by atoms with Gasteiger partial charge < -0.3 is 29.7 Å². The maximum atomic E-state index is 13.2. The number of carbonyl (C=O) groups excluding carboxylic acids is 2. The van der Waals surface area contributed by atoms with Gasteiger partial charge in [-0.1, -0.05) is 6.92 Å². The predicted molar refractivity (Wildman–Crippen MR) is 144 cm³/mol. The van der Waals surface area contributed by atoms with E-state index in [-0.39, 0.29) is 39.5 Å². The number of amides is 2. The standard InChI is InChI=1S/C25H34N4O8S2/c1-12-20-19(13(2)27-39(34,35)15-7-8-17(36-5)18(10-15)37-6)24(31)29(20)21(25(32)33)22(12)38-14-9-16(26-11-14)23(30)28(3)4/h7-8,10,12-14,16,19-20,26-27H,9,11H2,1-6H3,(H,32,33)/t12-,13-,14+,16+,19-,20-/m1/s1. The summed E-state index contributed by atoms with van der Waals surface area (Å²) >= 11 is 1.38. The molecule has 0 spiro atoms. The summed E-state index contributed by atoms with van der Waals surface area (Å²) in [6.07, 6.45) is 0.536. The van der Waals surface area contributed by atoms with E-state index in [9.17, 15) is 27.9 Å². The van der Waals surface area contributed by atoms with Crippen molar-refractivity contribution >= 4 is 39.6 Å². The molecule has 0 saturated carbocycles. The quantitative estimate of drug-likeness (QED) is 0.336. The second-order valence-corrected chi connectivity index (χ2v) is 13.2. The number of hydrogen-bond donors (Lipinski definition) is 3. The number of hydrogen-bond acceptors (Lipinski definition) is 9. The molecule has 3 N–H and O–H groups in total. The van der Waals surface area contributed by atoms with Gasteiger partial charge in [0.05, 0.1) is 37.1 Å². The number of nitrogens with one attached hydrogen (secondary N) is 2. The zero-order chi connectivity index (χ0) is 28.8. The first-order valence-corrected chi connectivity index (χ1v) is 14.8. The number of rotatable bonds is 10. The van der Waals surface area contributed by atoms with Crippen LogP contribution in [0.15, 0.2) is 33.7 Å². The molecule has 2 saturated heterocycles. The number of methoxy groups -OCH3 is 2. The second kappa shape index (κ2) is 11.0. The van der Waals surface area contributed by atoms with Gasteiger partial charge >= 0.3 is 5.97 Å². The molecule has 2 fully saturated rings. The van der Waals surface area contributed by atoms with E-state index in [0.29, 0.717) is 23.6 Å². The van der Waals surface area contributed by atoms with Crippen LogP contribution in [0.25, 0.3) is 0 Å². The average Bonchev–Trinajstić information content (AvgIpc) is 3.44. The van der Waals surface area contributed by atoms with E-state index in [1.165, 1.54) is 54.0 Å². The Balaban J connectivity index is 1.51. The van der Waals surface area contributed by atoms with Gasteiger partial charge in [0.15, 0.2) is 11.5 Å². The van der Waals surface area contributed by atoms with E-state index in [2.05, 4.69) is 10.0 Å². The van der Waals surface area contributed by atoms with Gasteiger partial charge in [0.2, 0.25) is 21.8 Å². The molecule has 0 radical (unpaired) electrons. The Morgan fingerprint density at radius 1 is 1.23 bits per heavy atom. The molecule has 39 heavy (non-hydrogen) atoms. The van der Waals surface area contributed by atoms with Gasteiger partial charge in [0.25, 0.3) is 0 Å². The average molecular weight is 583 g/mol. The summed E-state index contributed by atoms with van der Waals surface area (Å²) < 4.78 is 39.3. The first-order valence-electron chi connectivity index (χ1n) is 12.5. The minimum atomic E-state index is -4.03. The highest BCUT2D eigenvalue weighted by Gasteiger charge is 2.60. The fourth-order valence-electron chi connectivity index (χ4n) is 5.54. The van der Waals surface area contributed by atoms with Crippen molar-refractivity contribution in [2.24, 2.45) is 11.8 Å². The van der Waals surface area contributed by atoms with Crippen LogP contribution in [0.2, 0.25) is 0 Å². The van der Waals surface area contributed by atoms with Crippen LogP contribution < -0.4 is 19.5 Å². The number of fused-ring (bicyclic) bond motifs is 1. The molecule has 3 aliphatic rings. The summed E-state index contributed by atoms with van der Waals surface area (Å²) in [7, 11) is 2.19. The molecular formula is C25H34N4O8S2. The summed E-state index contributed by atoms with van der Waals surface area (Å²) in [4.78, 5) is 41.2. The largest absolute Gasteiger partial charge is 0.493 e. The fraction of sp³-hybridized carbons (Fsp3) is 0.560. The maximum absolute atomic E-state index is 13.2. The topological polar surface area (TPSA) is 155 Å². The normalized spacial score (nSPS) is 27.2. The van der Waals surface area contributed by atoms with Crippen LogP contribution in [0, 0.1) is 11.8 Å². The smallest absolute Gasteiger partial charge is 0.353 e. The first-order chi connectivity index (χ1) is 18.3. The van der Waals surface area contributed by atoms with Gasteiger partial charge in [-0.25, -0.2) is 17.9 Å². The van der Waals surface area contributed by atoms with Crippen molar-refractivity contribution in [3.63, 3.8) is 0 Å². The molecule has 3 aliphatic heterocycles. The van der Waals surface area contributed by atoms with Gasteiger partial charge in [0.1, 0.15) is 5.70 Å². The summed E-state index contributed by atoms with van der Waals surface area (Å²) in [5.74, 6) is -2.12. The number of nitrogens with zero attached hydrogens (tertiary/aromatic N) is 2. The number of carbonyl (C=O) groups is 3. The van der Waals surface area contributed by atoms with E-state index in [1.54, 1.807) is 21.0 Å². The van der Waals surface area contributed by atoms with E-state index < -0.39 is 39.9 Å². The summed E-state index contributed by atoms with van der Waals surface area (Å²) in [5.41, 5.74) is -0.0592. The van der Waals surface area contributed by atoms with Crippen LogP contribution >= 0.6 is 11.8 Å². The lowest BCUT2D eigenvalue weighted by molar-refractivity contribution is -0.157. The Bertz CT molecular complexity index is 1310. The van der Waals surface area contributed by atoms with Crippen molar-refractivity contribution in [3.05, 3.63) is 28.8 Å². The fourth-order valence-corrected chi connectivity index (χ4v) is 8.30. The van der Waals surface area contributed by atoms with Crippen molar-refractivity contribution in [1.29, 1.82) is 0 Å². The monoisotopic (exact) mass is 582 g/mol. The molecule has 6 atom stereocenters. The van der Waals surface area contributed by atoms with E-state index >= 15 is 0 Å². The Labute approximate surface area is 232 Å². The first kappa shape index (κ1) is 29.2. The van der Waals surface area contributed by atoms with Crippen LogP contribution in [-0.4, -0.2) is 99.3 Å². The molecule has 0 aromatic heterocycles. The third kappa shape index (κ3) is 5.22. The zero-order valence-corrected chi connectivity index (χ0v) is 24.3. The Morgan fingerprint density at radius 2 is 1.90 bits per heavy atom. The van der Waals surface area contributed by atoms with Gasteiger partial charge in [-0.3, -0.25) is 9.59 Å². The van der Waals surface area contributed by atoms with Gasteiger partial charge in [-0.15, -0.1) is 11.8 Å². The van der Waals surface area contributed by atoms with Crippen LogP contribution in [-0.2, 0) is 24.4 Å². The molecule has 0 bridgehead atoms. The molecular weight excluding hydrogens is 548 g/mol. The summed E-state index contributed by atoms with van der Waals surface area (Å²) in [6.45, 7) is 3.99. The molecule has 1 aromatic rings. The highest BCUT2D eigenvalue weighted by Crippen LogP contribution is 2.52. The third-order valence-electron chi connectivity index (χ3n) is 7.46. The Morgan fingerprint density at radius 3 is 2.49 bits per heavy atom. The SMILES string of the molecule is COc1ccc(S(=O)(=O)N[C@H](C)[C@H]2C(=O)N3C(C(=O)O)=C(S[C@@H]4CN[C@H](C(=O)N(C)C)C4)[C@H](C)[C@H]23)cc1OC. The van der Waals surface area contributed by atoms with Crippen molar-refractivity contribution in [3.8, 4) is 11.5 Å². The van der Waals surface area contributed by atoms with Crippen LogP contribution in [0.1, 0.15) is 20.3 Å². The number of likely N-dealkylation sites (N-methyl/N-ethyl adjacent to an activating group) is 1. The van der Waals surface area contributed by atoms with Gasteiger partial charge in [-0.2, -0.15) is 0 Å². The molecule has 12 nitrogen and oxygen atoms in total. The number of aliphatic carboxylic acids is 1. The number of sulfonamides is 1. The zero-order valence-electron chi connectivity index (χ0n) is 22.6. The Hall–Kier alpha value is -2.81. The van der Waals surface area contributed by atoms with Crippen molar-refractivity contribution < 1.29 is 37.4 Å². The van der Waals surface area contributed by atoms with Crippen molar-refractivity contribution in [2.45, 2.75) is 48.5 Å². The third-order valence-corrected chi connectivity index (χ3v) is 10.5. The van der Waals surface area contributed by atoms with Crippen molar-refractivity contribution in [1.82, 2.24) is 19.8 Å².